The number of carbonyl (C=O) groups excluding carboxylic acids is 1. The largest absolute Gasteiger partial charge is 0.328 e. The fourth-order valence-corrected chi connectivity index (χ4v) is 5.18. The van der Waals surface area contributed by atoms with Crippen molar-refractivity contribution >= 4 is 55.5 Å². The highest BCUT2D eigenvalue weighted by molar-refractivity contribution is 8.01. The average molecular weight is 482 g/mol. The molecule has 3 rings (SSSR count). The number of anilines is 3. The molecule has 0 radical (unpaired) electrons. The first kappa shape index (κ1) is 23.1. The Morgan fingerprint density at radius 3 is 2.65 bits per heavy atom. The van der Waals surface area contributed by atoms with Crippen molar-refractivity contribution in [3.05, 3.63) is 53.8 Å². The predicted octanol–water partition coefficient (Wildman–Crippen LogP) is 3.71. The van der Waals surface area contributed by atoms with Crippen molar-refractivity contribution in [1.82, 2.24) is 14.5 Å². The molecule has 0 atom stereocenters. The summed E-state index contributed by atoms with van der Waals surface area (Å²) >= 11 is 2.37. The zero-order valence-corrected chi connectivity index (χ0v) is 19.4. The van der Waals surface area contributed by atoms with Crippen LogP contribution in [0.15, 0.2) is 51.7 Å². The van der Waals surface area contributed by atoms with Gasteiger partial charge in [-0.05, 0) is 36.8 Å². The monoisotopic (exact) mass is 481 g/mol. The number of benzene rings is 2. The van der Waals surface area contributed by atoms with Crippen LogP contribution in [-0.2, 0) is 14.8 Å². The maximum atomic E-state index is 13.7. The van der Waals surface area contributed by atoms with Crippen molar-refractivity contribution in [2.75, 3.05) is 30.5 Å². The quantitative estimate of drug-likeness (QED) is 0.473. The molecular weight excluding hydrogens is 461 g/mol. The first-order valence-corrected chi connectivity index (χ1v) is 12.2. The molecule has 0 aliphatic rings. The van der Waals surface area contributed by atoms with Crippen LogP contribution in [0.25, 0.3) is 0 Å². The third kappa shape index (κ3) is 5.79. The van der Waals surface area contributed by atoms with Gasteiger partial charge in [-0.2, -0.15) is 0 Å². The highest BCUT2D eigenvalue weighted by Gasteiger charge is 2.20. The summed E-state index contributed by atoms with van der Waals surface area (Å²) in [4.78, 5) is 12.4. The number of nitrogens with one attached hydrogen (secondary N) is 2. The number of hydrogen-bond acceptors (Lipinski definition) is 8. The molecule has 3 aromatic rings. The fourth-order valence-electron chi connectivity index (χ4n) is 2.47. The van der Waals surface area contributed by atoms with Gasteiger partial charge in [0.25, 0.3) is 0 Å². The van der Waals surface area contributed by atoms with Crippen LogP contribution in [0.1, 0.15) is 5.56 Å². The van der Waals surface area contributed by atoms with Crippen molar-refractivity contribution in [2.45, 2.75) is 16.2 Å². The Morgan fingerprint density at radius 2 is 1.94 bits per heavy atom. The third-order valence-corrected chi connectivity index (χ3v) is 8.01. The lowest BCUT2D eigenvalue weighted by Crippen LogP contribution is -2.23. The summed E-state index contributed by atoms with van der Waals surface area (Å²) in [5.74, 6) is -0.668. The SMILES string of the molecule is Cc1ccc(NC(=O)CSc2nnc(Nc3ccccc3F)s2)cc1S(=O)(=O)N(C)C. The number of halogens is 1. The maximum Gasteiger partial charge on any atom is 0.242 e. The van der Waals surface area contributed by atoms with Crippen LogP contribution < -0.4 is 10.6 Å². The van der Waals surface area contributed by atoms with Crippen LogP contribution in [-0.4, -0.2) is 48.7 Å². The van der Waals surface area contributed by atoms with E-state index in [1.54, 1.807) is 37.3 Å². The number of thioether (sulfide) groups is 1. The number of aryl methyl sites for hydroxylation is 1. The summed E-state index contributed by atoms with van der Waals surface area (Å²) in [6.45, 7) is 1.69. The number of sulfonamides is 1. The number of rotatable bonds is 8. The molecule has 1 amide bonds. The standard InChI is InChI=1S/C19H20FN5O3S3/c1-12-8-9-13(10-16(12)31(27,28)25(2)3)21-17(26)11-29-19-24-23-18(30-19)22-15-7-5-4-6-14(15)20/h4-10H,11H2,1-3H3,(H,21,26)(H,22,23). The summed E-state index contributed by atoms with van der Waals surface area (Å²) in [6, 6.07) is 10.9. The van der Waals surface area contributed by atoms with Gasteiger partial charge in [-0.15, -0.1) is 10.2 Å². The van der Waals surface area contributed by atoms with Crippen LogP contribution in [0.2, 0.25) is 0 Å². The lowest BCUT2D eigenvalue weighted by Gasteiger charge is -2.15. The van der Waals surface area contributed by atoms with E-state index in [1.165, 1.54) is 49.3 Å². The van der Waals surface area contributed by atoms with E-state index in [4.69, 9.17) is 0 Å². The smallest absolute Gasteiger partial charge is 0.242 e. The van der Waals surface area contributed by atoms with Gasteiger partial charge in [0.15, 0.2) is 4.34 Å². The Labute approximate surface area is 187 Å². The molecule has 2 N–H and O–H groups in total. The van der Waals surface area contributed by atoms with Crippen LogP contribution in [0.3, 0.4) is 0 Å². The lowest BCUT2D eigenvalue weighted by atomic mass is 10.2. The first-order valence-electron chi connectivity index (χ1n) is 8.97. The van der Waals surface area contributed by atoms with E-state index < -0.39 is 15.8 Å². The van der Waals surface area contributed by atoms with Gasteiger partial charge in [0.1, 0.15) is 5.82 Å². The second-order valence-electron chi connectivity index (χ2n) is 6.58. The molecule has 0 bridgehead atoms. The number of amides is 1. The summed E-state index contributed by atoms with van der Waals surface area (Å²) in [5.41, 5.74) is 1.26. The van der Waals surface area contributed by atoms with Gasteiger partial charge in [-0.3, -0.25) is 4.79 Å². The van der Waals surface area contributed by atoms with Crippen molar-refractivity contribution in [3.8, 4) is 0 Å². The topological polar surface area (TPSA) is 104 Å². The molecule has 0 aliphatic heterocycles. The molecule has 12 heteroatoms. The van der Waals surface area contributed by atoms with E-state index in [0.29, 0.717) is 20.7 Å². The van der Waals surface area contributed by atoms with E-state index in [2.05, 4.69) is 20.8 Å². The van der Waals surface area contributed by atoms with E-state index >= 15 is 0 Å². The molecule has 1 heterocycles. The first-order chi connectivity index (χ1) is 14.7. The van der Waals surface area contributed by atoms with E-state index in [1.807, 2.05) is 0 Å². The van der Waals surface area contributed by atoms with Crippen LogP contribution in [0.5, 0.6) is 0 Å². The molecule has 0 fully saturated rings. The van der Waals surface area contributed by atoms with E-state index in [-0.39, 0.29) is 22.2 Å². The summed E-state index contributed by atoms with van der Waals surface area (Å²) in [6.07, 6.45) is 0. The minimum Gasteiger partial charge on any atom is -0.328 e. The van der Waals surface area contributed by atoms with E-state index in [0.717, 1.165) is 4.31 Å². The van der Waals surface area contributed by atoms with Crippen LogP contribution >= 0.6 is 23.1 Å². The van der Waals surface area contributed by atoms with E-state index in [9.17, 15) is 17.6 Å². The lowest BCUT2D eigenvalue weighted by molar-refractivity contribution is -0.113. The Bertz CT molecular complexity index is 1200. The van der Waals surface area contributed by atoms with Crippen molar-refractivity contribution < 1.29 is 17.6 Å². The predicted molar refractivity (Wildman–Crippen MR) is 121 cm³/mol. The average Bonchev–Trinajstić information content (AvgIpc) is 3.17. The molecule has 0 saturated heterocycles. The van der Waals surface area contributed by atoms with Crippen molar-refractivity contribution in [1.29, 1.82) is 0 Å². The third-order valence-electron chi connectivity index (χ3n) is 4.08. The molecule has 164 valence electrons. The van der Waals surface area contributed by atoms with Gasteiger partial charge in [0.05, 0.1) is 16.3 Å². The molecule has 0 spiro atoms. The van der Waals surface area contributed by atoms with Crippen molar-refractivity contribution in [3.63, 3.8) is 0 Å². The van der Waals surface area contributed by atoms with Crippen LogP contribution in [0, 0.1) is 12.7 Å². The molecule has 2 aromatic carbocycles. The van der Waals surface area contributed by atoms with Gasteiger partial charge in [0.2, 0.25) is 21.1 Å². The van der Waals surface area contributed by atoms with Gasteiger partial charge in [-0.1, -0.05) is 41.3 Å². The van der Waals surface area contributed by atoms with Crippen molar-refractivity contribution in [2.24, 2.45) is 0 Å². The molecule has 8 nitrogen and oxygen atoms in total. The molecule has 0 unspecified atom stereocenters. The number of hydrogen-bond donors (Lipinski definition) is 2. The molecular formula is C19H20FN5O3S3. The zero-order valence-electron chi connectivity index (χ0n) is 16.9. The second-order valence-corrected chi connectivity index (χ2v) is 10.9. The Balaban J connectivity index is 1.60. The normalized spacial score (nSPS) is 11.5. The summed E-state index contributed by atoms with van der Waals surface area (Å²) in [7, 11) is -0.716. The summed E-state index contributed by atoms with van der Waals surface area (Å²) < 4.78 is 40.2. The minimum atomic E-state index is -3.62. The number of para-hydroxylation sites is 1. The second kappa shape index (κ2) is 9.73. The number of carbonyl (C=O) groups is 1. The molecule has 31 heavy (non-hydrogen) atoms. The fraction of sp³-hybridized carbons (Fsp3) is 0.211. The Kier molecular flexibility index (Phi) is 7.26. The maximum absolute atomic E-state index is 13.7. The van der Waals surface area contributed by atoms with Gasteiger partial charge < -0.3 is 10.6 Å². The number of nitrogens with zero attached hydrogens (tertiary/aromatic N) is 3. The highest BCUT2D eigenvalue weighted by Crippen LogP contribution is 2.29. The Morgan fingerprint density at radius 1 is 1.19 bits per heavy atom. The molecule has 0 aliphatic carbocycles. The van der Waals surface area contributed by atoms with Gasteiger partial charge in [0, 0.05) is 19.8 Å². The van der Waals surface area contributed by atoms with Gasteiger partial charge in [-0.25, -0.2) is 17.1 Å². The highest BCUT2D eigenvalue weighted by atomic mass is 32.2. The molecule has 1 aromatic heterocycles. The number of aromatic nitrogens is 2. The van der Waals surface area contributed by atoms with Gasteiger partial charge >= 0.3 is 0 Å². The summed E-state index contributed by atoms with van der Waals surface area (Å²) in [5, 5.41) is 13.9. The Hall–Kier alpha value is -2.54. The minimum absolute atomic E-state index is 0.0535. The van der Waals surface area contributed by atoms with Crippen LogP contribution in [0.4, 0.5) is 20.9 Å². The molecule has 0 saturated carbocycles. The zero-order chi connectivity index (χ0) is 22.6.